The van der Waals surface area contributed by atoms with Gasteiger partial charge in [-0.1, -0.05) is 13.0 Å². The Morgan fingerprint density at radius 3 is 2.59 bits per heavy atom. The maximum Gasteiger partial charge on any atom is 0.243 e. The fourth-order valence-corrected chi connectivity index (χ4v) is 2.69. The van der Waals surface area contributed by atoms with Crippen molar-refractivity contribution in [2.45, 2.75) is 37.8 Å². The zero-order chi connectivity index (χ0) is 13.1. The van der Waals surface area contributed by atoms with Gasteiger partial charge in [0.15, 0.2) is 0 Å². The molecular weight excluding hydrogens is 243 g/mol. The summed E-state index contributed by atoms with van der Waals surface area (Å²) in [6, 6.07) is 3.66. The Morgan fingerprint density at radius 1 is 1.47 bits per heavy atom. The number of hydrogen-bond donors (Lipinski definition) is 2. The molecular formula is C11H17FN2O2S. The third-order valence-corrected chi connectivity index (χ3v) is 4.11. The lowest BCUT2D eigenvalue weighted by molar-refractivity contribution is 0.539. The minimum atomic E-state index is -3.79. The normalized spacial score (nSPS) is 13.6. The topological polar surface area (TPSA) is 72.2 Å². The Morgan fingerprint density at radius 2 is 2.12 bits per heavy atom. The van der Waals surface area contributed by atoms with Crippen LogP contribution in [-0.2, 0) is 16.6 Å². The van der Waals surface area contributed by atoms with Gasteiger partial charge in [0.05, 0.1) is 0 Å². The summed E-state index contributed by atoms with van der Waals surface area (Å²) in [7, 11) is -3.79. The van der Waals surface area contributed by atoms with Gasteiger partial charge in [-0.15, -0.1) is 0 Å². The summed E-state index contributed by atoms with van der Waals surface area (Å²) in [5, 5.41) is 0. The lowest BCUT2D eigenvalue weighted by atomic mass is 10.2. The average molecular weight is 260 g/mol. The first-order valence-corrected chi connectivity index (χ1v) is 6.89. The molecule has 0 aromatic heterocycles. The first-order valence-electron chi connectivity index (χ1n) is 5.41. The van der Waals surface area contributed by atoms with Gasteiger partial charge in [0.1, 0.15) is 10.7 Å². The van der Waals surface area contributed by atoms with Gasteiger partial charge in [0.25, 0.3) is 0 Å². The third kappa shape index (κ3) is 3.49. The van der Waals surface area contributed by atoms with Crippen molar-refractivity contribution in [2.24, 2.45) is 5.73 Å². The molecule has 6 heteroatoms. The molecule has 0 heterocycles. The van der Waals surface area contributed by atoms with Crippen LogP contribution in [0.15, 0.2) is 23.1 Å². The molecule has 0 aliphatic rings. The Balaban J connectivity index is 3.07. The van der Waals surface area contributed by atoms with Crippen LogP contribution in [-0.4, -0.2) is 14.5 Å². The van der Waals surface area contributed by atoms with Gasteiger partial charge < -0.3 is 5.73 Å². The quantitative estimate of drug-likeness (QED) is 0.839. The summed E-state index contributed by atoms with van der Waals surface area (Å²) in [5.41, 5.74) is 5.91. The molecule has 0 aliphatic heterocycles. The van der Waals surface area contributed by atoms with E-state index >= 15 is 0 Å². The second-order valence-corrected chi connectivity index (χ2v) is 5.58. The number of benzene rings is 1. The van der Waals surface area contributed by atoms with Crippen molar-refractivity contribution in [3.8, 4) is 0 Å². The first kappa shape index (κ1) is 14.1. The minimum Gasteiger partial charge on any atom is -0.326 e. The van der Waals surface area contributed by atoms with Crippen LogP contribution in [0.4, 0.5) is 4.39 Å². The van der Waals surface area contributed by atoms with E-state index in [-0.39, 0.29) is 17.5 Å². The zero-order valence-corrected chi connectivity index (χ0v) is 10.7. The Kier molecular flexibility index (Phi) is 4.62. The van der Waals surface area contributed by atoms with E-state index in [1.54, 1.807) is 6.92 Å². The van der Waals surface area contributed by atoms with Gasteiger partial charge in [-0.05, 0) is 31.0 Å². The van der Waals surface area contributed by atoms with Crippen molar-refractivity contribution in [3.05, 3.63) is 29.6 Å². The van der Waals surface area contributed by atoms with E-state index in [9.17, 15) is 12.8 Å². The lowest BCUT2D eigenvalue weighted by Gasteiger charge is -2.12. The van der Waals surface area contributed by atoms with Crippen LogP contribution in [0.2, 0.25) is 0 Å². The molecule has 0 radical (unpaired) electrons. The summed E-state index contributed by atoms with van der Waals surface area (Å²) in [4.78, 5) is -0.338. The molecule has 0 amide bonds. The molecule has 0 saturated carbocycles. The predicted molar refractivity (Wildman–Crippen MR) is 64.4 cm³/mol. The van der Waals surface area contributed by atoms with Crippen molar-refractivity contribution < 1.29 is 12.8 Å². The highest BCUT2D eigenvalue weighted by Crippen LogP contribution is 2.16. The Bertz CT molecular complexity index is 488. The molecule has 0 aliphatic carbocycles. The largest absolute Gasteiger partial charge is 0.326 e. The van der Waals surface area contributed by atoms with E-state index in [2.05, 4.69) is 4.72 Å². The number of nitrogens with two attached hydrogens (primary N) is 1. The van der Waals surface area contributed by atoms with E-state index in [4.69, 9.17) is 5.73 Å². The van der Waals surface area contributed by atoms with Crippen LogP contribution in [0, 0.1) is 5.82 Å². The molecule has 0 saturated heterocycles. The highest BCUT2D eigenvalue weighted by molar-refractivity contribution is 7.89. The summed E-state index contributed by atoms with van der Waals surface area (Å²) in [6.45, 7) is 3.75. The molecule has 1 aromatic rings. The number of sulfonamides is 1. The summed E-state index contributed by atoms with van der Waals surface area (Å²) in [5.74, 6) is -0.774. The highest BCUT2D eigenvalue weighted by atomic mass is 32.2. The van der Waals surface area contributed by atoms with Crippen LogP contribution in [0.5, 0.6) is 0 Å². The van der Waals surface area contributed by atoms with Gasteiger partial charge in [-0.3, -0.25) is 0 Å². The van der Waals surface area contributed by atoms with E-state index in [1.165, 1.54) is 12.1 Å². The number of nitrogens with one attached hydrogen (secondary N) is 1. The number of hydrogen-bond acceptors (Lipinski definition) is 3. The Hall–Kier alpha value is -0.980. The molecule has 4 nitrogen and oxygen atoms in total. The monoisotopic (exact) mass is 260 g/mol. The highest BCUT2D eigenvalue weighted by Gasteiger charge is 2.20. The second-order valence-electron chi connectivity index (χ2n) is 3.90. The van der Waals surface area contributed by atoms with Crippen LogP contribution in [0.3, 0.4) is 0 Å². The summed E-state index contributed by atoms with van der Waals surface area (Å²) < 4.78 is 39.7. The van der Waals surface area contributed by atoms with Crippen molar-refractivity contribution in [3.63, 3.8) is 0 Å². The molecule has 96 valence electrons. The average Bonchev–Trinajstić information content (AvgIpc) is 2.27. The molecule has 3 N–H and O–H groups in total. The Labute approximate surface area is 101 Å². The van der Waals surface area contributed by atoms with Crippen LogP contribution in [0.25, 0.3) is 0 Å². The fourth-order valence-electron chi connectivity index (χ4n) is 1.30. The van der Waals surface area contributed by atoms with Crippen molar-refractivity contribution in [1.29, 1.82) is 0 Å². The first-order chi connectivity index (χ1) is 7.90. The molecule has 1 atom stereocenters. The van der Waals surface area contributed by atoms with Crippen molar-refractivity contribution in [2.75, 3.05) is 0 Å². The number of halogens is 1. The third-order valence-electron chi connectivity index (χ3n) is 2.49. The molecule has 1 rings (SSSR count). The molecule has 0 fully saturated rings. The smallest absolute Gasteiger partial charge is 0.243 e. The minimum absolute atomic E-state index is 0.177. The van der Waals surface area contributed by atoms with E-state index < -0.39 is 15.8 Å². The molecule has 17 heavy (non-hydrogen) atoms. The standard InChI is InChI=1S/C11H17FN2O2S/c1-3-8(2)14-17(15,16)11-5-4-9(7-13)6-10(11)12/h4-6,8,14H,3,7,13H2,1-2H3. The molecule has 0 spiro atoms. The van der Waals surface area contributed by atoms with E-state index in [1.807, 2.05) is 6.92 Å². The van der Waals surface area contributed by atoms with Gasteiger partial charge in [-0.2, -0.15) is 0 Å². The van der Waals surface area contributed by atoms with Gasteiger partial charge in [-0.25, -0.2) is 17.5 Å². The maximum atomic E-state index is 13.6. The van der Waals surface area contributed by atoms with Gasteiger partial charge >= 0.3 is 0 Å². The number of rotatable bonds is 5. The van der Waals surface area contributed by atoms with Crippen LogP contribution in [0.1, 0.15) is 25.8 Å². The van der Waals surface area contributed by atoms with Crippen LogP contribution < -0.4 is 10.5 Å². The predicted octanol–water partition coefficient (Wildman–Crippen LogP) is 1.36. The summed E-state index contributed by atoms with van der Waals surface area (Å²) >= 11 is 0. The van der Waals surface area contributed by atoms with E-state index in [0.717, 1.165) is 6.07 Å². The molecule has 0 bridgehead atoms. The zero-order valence-electron chi connectivity index (χ0n) is 9.90. The second kappa shape index (κ2) is 5.57. The van der Waals surface area contributed by atoms with Crippen molar-refractivity contribution >= 4 is 10.0 Å². The van der Waals surface area contributed by atoms with Crippen molar-refractivity contribution in [1.82, 2.24) is 4.72 Å². The van der Waals surface area contributed by atoms with Gasteiger partial charge in [0, 0.05) is 12.6 Å². The molecule has 1 aromatic carbocycles. The fraction of sp³-hybridized carbons (Fsp3) is 0.455. The SMILES string of the molecule is CCC(C)NS(=O)(=O)c1ccc(CN)cc1F. The summed E-state index contributed by atoms with van der Waals surface area (Å²) in [6.07, 6.45) is 0.641. The van der Waals surface area contributed by atoms with Gasteiger partial charge in [0.2, 0.25) is 10.0 Å². The molecule has 1 unspecified atom stereocenters. The lowest BCUT2D eigenvalue weighted by Crippen LogP contribution is -2.32. The van der Waals surface area contributed by atoms with Crippen LogP contribution >= 0.6 is 0 Å². The maximum absolute atomic E-state index is 13.6. The van der Waals surface area contributed by atoms with E-state index in [0.29, 0.717) is 12.0 Å².